The maximum Gasteiger partial charge on any atom is 0.316 e. The minimum atomic E-state index is -1.03. The van der Waals surface area contributed by atoms with Crippen molar-refractivity contribution in [2.24, 2.45) is 35.3 Å². The van der Waals surface area contributed by atoms with Gasteiger partial charge in [-0.15, -0.1) is 0 Å². The summed E-state index contributed by atoms with van der Waals surface area (Å²) in [4.78, 5) is 34.5. The van der Waals surface area contributed by atoms with Crippen molar-refractivity contribution >= 4 is 23.2 Å². The lowest BCUT2D eigenvalue weighted by atomic mass is 9.74. The van der Waals surface area contributed by atoms with Gasteiger partial charge in [0.05, 0.1) is 19.3 Å². The lowest BCUT2D eigenvalue weighted by molar-refractivity contribution is -0.237. The number of carbonyl (C=O) groups excluding carboxylic acids is 2. The molecule has 0 bridgehead atoms. The Hall–Kier alpha value is -3.40. The summed E-state index contributed by atoms with van der Waals surface area (Å²) in [6.07, 6.45) is 10.2. The molecule has 0 amide bonds. The number of nitrogens with two attached hydrogens (primary N) is 1. The molecule has 2 aromatic heterocycles. The first-order valence-corrected chi connectivity index (χ1v) is 23.9. The van der Waals surface area contributed by atoms with Crippen LogP contribution in [0.5, 0.6) is 0 Å². The Morgan fingerprint density at radius 1 is 1.05 bits per heavy atom. The maximum atomic E-state index is 14.4. The van der Waals surface area contributed by atoms with Crippen LogP contribution in [-0.2, 0) is 39.9 Å². The van der Waals surface area contributed by atoms with Gasteiger partial charge in [0.25, 0.3) is 0 Å². The standard InChI is InChI=1S/C46H74N6O7.C3H8.CH5N/c1-13-39(30(4)5)57-44(54)34(9)42(53)33(8)43(58-41-23-37(51(11)12)22-32(7)56-41)45(10)46(59-45,25-36(47)17-14-16-29(2)3)24-31(6)38(48)28-55-27-35-18-19-40(49-26-35)52-21-15-20-50-52;1-3-2;1-2/h15,18-21,26,29-34,37,39,41,43,47-48H,13-14,16-17,22-25,27-28H2,1-12H3;3H2,1-2H3;2H2,1H3/t31-,32?,33+,34?,37?,39-,41?,43-,45+,46?;;/m1../s1. The fourth-order valence-corrected chi connectivity index (χ4v) is 8.53. The highest BCUT2D eigenvalue weighted by molar-refractivity contribution is 6.00. The third-order valence-corrected chi connectivity index (χ3v) is 12.5. The van der Waals surface area contributed by atoms with Gasteiger partial charge < -0.3 is 45.1 Å². The van der Waals surface area contributed by atoms with Gasteiger partial charge in [-0.25, -0.2) is 9.67 Å². The number of nitrogens with zero attached hydrogens (tertiary/aromatic N) is 4. The minimum absolute atomic E-state index is 0.0684. The zero-order chi connectivity index (χ0) is 48.4. The SMILES string of the molecule is CCC.CC[C@@H](OC(=O)C(C)C(=O)[C@H](C)[C@@H](OC1CC(N(C)C)CC(C)O1)[C@]1(C)OC1(CC(=N)CCCC(C)C)C[C@@H](C)C(=N)COCc1ccc(-n2cccn2)nc1)C(C)C.CN. The molecule has 5 unspecified atom stereocenters. The van der Waals surface area contributed by atoms with E-state index in [0.717, 1.165) is 24.8 Å². The second-order valence-corrected chi connectivity index (χ2v) is 19.1. The average molecular weight is 898 g/mol. The fourth-order valence-electron chi connectivity index (χ4n) is 8.53. The van der Waals surface area contributed by atoms with E-state index in [9.17, 15) is 15.0 Å². The second kappa shape index (κ2) is 27.3. The molecule has 14 nitrogen and oxygen atoms in total. The molecule has 10 atom stereocenters. The molecule has 0 saturated carbocycles. The van der Waals surface area contributed by atoms with Crippen LogP contribution in [0.25, 0.3) is 5.82 Å². The number of carbonyl (C=O) groups is 2. The van der Waals surface area contributed by atoms with Crippen molar-refractivity contribution in [1.29, 1.82) is 10.8 Å². The number of hydrogen-bond acceptors (Lipinski definition) is 13. The van der Waals surface area contributed by atoms with E-state index >= 15 is 0 Å². The van der Waals surface area contributed by atoms with E-state index < -0.39 is 41.4 Å². The number of pyridine rings is 1. The van der Waals surface area contributed by atoms with Crippen molar-refractivity contribution < 1.29 is 33.3 Å². The summed E-state index contributed by atoms with van der Waals surface area (Å²) in [6.45, 7) is 24.4. The van der Waals surface area contributed by atoms with Gasteiger partial charge in [-0.1, -0.05) is 81.2 Å². The summed E-state index contributed by atoms with van der Waals surface area (Å²) >= 11 is 0. The highest BCUT2D eigenvalue weighted by atomic mass is 16.7. The molecule has 64 heavy (non-hydrogen) atoms. The highest BCUT2D eigenvalue weighted by Gasteiger charge is 2.72. The predicted octanol–water partition coefficient (Wildman–Crippen LogP) is 9.24. The number of ether oxygens (including phenoxy) is 5. The molecule has 0 spiro atoms. The van der Waals surface area contributed by atoms with Gasteiger partial charge in [-0.3, -0.25) is 9.59 Å². The topological polar surface area (TPSA) is 191 Å². The minimum Gasteiger partial charge on any atom is -0.462 e. The third-order valence-electron chi connectivity index (χ3n) is 12.5. The molecule has 0 aliphatic carbocycles. The van der Waals surface area contributed by atoms with E-state index in [1.54, 1.807) is 24.0 Å². The molecule has 4 N–H and O–H groups in total. The van der Waals surface area contributed by atoms with Crippen LogP contribution in [0.2, 0.25) is 0 Å². The number of epoxide rings is 1. The van der Waals surface area contributed by atoms with Gasteiger partial charge in [-0.05, 0) is 109 Å². The number of aromatic nitrogens is 3. The fraction of sp³-hybridized carbons (Fsp3) is 0.760. The Morgan fingerprint density at radius 2 is 1.72 bits per heavy atom. The zero-order valence-corrected chi connectivity index (χ0v) is 42.2. The first kappa shape index (κ1) is 56.7. The molecular formula is C50H87N7O7. The number of ketones is 1. The summed E-state index contributed by atoms with van der Waals surface area (Å²) in [7, 11) is 5.60. The van der Waals surface area contributed by atoms with E-state index in [-0.39, 0.29) is 42.5 Å². The van der Waals surface area contributed by atoms with Crippen LogP contribution in [0.4, 0.5) is 0 Å². The van der Waals surface area contributed by atoms with E-state index in [0.29, 0.717) is 61.9 Å². The molecule has 4 rings (SSSR count). The molecule has 4 heterocycles. The molecule has 2 fully saturated rings. The van der Waals surface area contributed by atoms with Gasteiger partial charge in [-0.2, -0.15) is 5.10 Å². The van der Waals surface area contributed by atoms with Crippen LogP contribution in [0, 0.1) is 40.4 Å². The molecule has 2 aromatic rings. The summed E-state index contributed by atoms with van der Waals surface area (Å²) < 4.78 is 33.8. The van der Waals surface area contributed by atoms with E-state index in [4.69, 9.17) is 29.1 Å². The predicted molar refractivity (Wildman–Crippen MR) is 256 cm³/mol. The highest BCUT2D eigenvalue weighted by Crippen LogP contribution is 2.59. The van der Waals surface area contributed by atoms with Gasteiger partial charge in [0, 0.05) is 54.8 Å². The Morgan fingerprint density at radius 3 is 2.27 bits per heavy atom. The third kappa shape index (κ3) is 16.5. The quantitative estimate of drug-likeness (QED) is 0.0373. The van der Waals surface area contributed by atoms with Gasteiger partial charge in [0.2, 0.25) is 0 Å². The lowest BCUT2D eigenvalue weighted by Gasteiger charge is -2.40. The summed E-state index contributed by atoms with van der Waals surface area (Å²) in [5.41, 5.74) is 4.41. The second-order valence-electron chi connectivity index (χ2n) is 19.1. The molecule has 0 radical (unpaired) electrons. The van der Waals surface area contributed by atoms with Gasteiger partial charge in [0.15, 0.2) is 17.9 Å². The number of nitrogens with one attached hydrogen (secondary N) is 2. The molecule has 2 aliphatic heterocycles. The number of Topliss-reactive ketones (excluding diaryl/α,β-unsaturated/α-hetero) is 1. The smallest absolute Gasteiger partial charge is 0.316 e. The van der Waals surface area contributed by atoms with Crippen LogP contribution in [0.3, 0.4) is 0 Å². The molecular weight excluding hydrogens is 811 g/mol. The maximum absolute atomic E-state index is 14.4. The Labute approximate surface area is 386 Å². The van der Waals surface area contributed by atoms with E-state index in [2.05, 4.69) is 48.4 Å². The van der Waals surface area contributed by atoms with Crippen molar-refractivity contribution in [3.05, 3.63) is 42.4 Å². The molecule has 2 aliphatic rings. The van der Waals surface area contributed by atoms with Crippen LogP contribution in [0.1, 0.15) is 146 Å². The first-order chi connectivity index (χ1) is 30.2. The van der Waals surface area contributed by atoms with Crippen LogP contribution in [-0.4, -0.2) is 112 Å². The first-order valence-electron chi connectivity index (χ1n) is 23.9. The normalized spacial score (nSPS) is 24.1. The lowest BCUT2D eigenvalue weighted by Crippen LogP contribution is -2.51. The van der Waals surface area contributed by atoms with Gasteiger partial charge >= 0.3 is 5.97 Å². The Kier molecular flexibility index (Phi) is 24.2. The Bertz CT molecular complexity index is 1690. The molecule has 364 valence electrons. The number of hydrogen-bond donors (Lipinski definition) is 3. The summed E-state index contributed by atoms with van der Waals surface area (Å²) in [5, 5.41) is 22.5. The van der Waals surface area contributed by atoms with Crippen molar-refractivity contribution in [2.75, 3.05) is 27.7 Å². The largest absolute Gasteiger partial charge is 0.462 e. The molecule has 0 aromatic carbocycles. The van der Waals surface area contributed by atoms with Crippen LogP contribution in [0.15, 0.2) is 36.8 Å². The summed E-state index contributed by atoms with van der Waals surface area (Å²) in [6, 6.07) is 5.87. The van der Waals surface area contributed by atoms with Crippen LogP contribution >= 0.6 is 0 Å². The van der Waals surface area contributed by atoms with Crippen molar-refractivity contribution in [2.45, 2.75) is 189 Å². The van der Waals surface area contributed by atoms with Crippen LogP contribution < -0.4 is 5.73 Å². The monoisotopic (exact) mass is 898 g/mol. The van der Waals surface area contributed by atoms with Gasteiger partial charge in [0.1, 0.15) is 29.3 Å². The molecule has 2 saturated heterocycles. The zero-order valence-electron chi connectivity index (χ0n) is 42.2. The molecule has 14 heteroatoms. The number of rotatable bonds is 25. The number of esters is 1. The van der Waals surface area contributed by atoms with Crippen molar-refractivity contribution in [3.63, 3.8) is 0 Å². The van der Waals surface area contributed by atoms with E-state index in [1.807, 2.05) is 87.0 Å². The average Bonchev–Trinajstić information content (AvgIpc) is 3.52. The van der Waals surface area contributed by atoms with Crippen molar-refractivity contribution in [1.82, 2.24) is 19.7 Å². The Balaban J connectivity index is 0.00000270. The van der Waals surface area contributed by atoms with E-state index in [1.165, 1.54) is 13.5 Å². The van der Waals surface area contributed by atoms with Crippen molar-refractivity contribution in [3.8, 4) is 5.82 Å². The summed E-state index contributed by atoms with van der Waals surface area (Å²) in [5.74, 6) is -1.53.